The first kappa shape index (κ1) is 34.5. The van der Waals surface area contributed by atoms with Gasteiger partial charge in [0, 0.05) is 11.1 Å². The zero-order valence-electron chi connectivity index (χ0n) is 27.6. The van der Waals surface area contributed by atoms with E-state index in [1.54, 1.807) is 13.8 Å². The third-order valence-corrected chi connectivity index (χ3v) is 7.50. The molecule has 0 saturated carbocycles. The monoisotopic (exact) mass is 630 g/mol. The molecule has 0 amide bonds. The molecule has 1 aliphatic rings. The highest BCUT2D eigenvalue weighted by Gasteiger charge is 2.24. The second-order valence-electron chi connectivity index (χ2n) is 11.1. The number of benzene rings is 4. The van der Waals surface area contributed by atoms with Crippen LogP contribution >= 0.6 is 0 Å². The van der Waals surface area contributed by atoms with Crippen LogP contribution in [0, 0.1) is 0 Å². The van der Waals surface area contributed by atoms with E-state index in [0.717, 1.165) is 23.1 Å². The first-order valence-electron chi connectivity index (χ1n) is 15.7. The molecule has 4 aromatic rings. The van der Waals surface area contributed by atoms with Crippen molar-refractivity contribution >= 4 is 11.9 Å². The molecular weight excluding hydrogens is 588 g/mol. The lowest BCUT2D eigenvalue weighted by Crippen LogP contribution is -2.12. The first-order valence-corrected chi connectivity index (χ1v) is 15.7. The average Bonchev–Trinajstić information content (AvgIpc) is 3.47. The Morgan fingerprint density at radius 3 is 1.62 bits per heavy atom. The minimum absolute atomic E-state index is 0.154. The molecule has 6 nitrogen and oxygen atoms in total. The SMILES string of the molecule is C=C(C)C(=O)OCCOc1ccc(-c2ccc3c(c2-c2ccc(OCCOC(=O)C(=C)C)cc2)Cc2ccccc2-3)cc1.CC=CC. The molecule has 0 saturated heterocycles. The van der Waals surface area contributed by atoms with E-state index >= 15 is 0 Å². The Morgan fingerprint density at radius 2 is 1.11 bits per heavy atom. The van der Waals surface area contributed by atoms with Crippen molar-refractivity contribution in [2.45, 2.75) is 34.1 Å². The largest absolute Gasteiger partial charge is 0.490 e. The molecule has 0 radical (unpaired) electrons. The molecule has 47 heavy (non-hydrogen) atoms. The summed E-state index contributed by atoms with van der Waals surface area (Å²) < 4.78 is 21.8. The van der Waals surface area contributed by atoms with Crippen LogP contribution in [-0.2, 0) is 25.5 Å². The van der Waals surface area contributed by atoms with Crippen molar-refractivity contribution in [2.75, 3.05) is 26.4 Å². The average molecular weight is 631 g/mol. The summed E-state index contributed by atoms with van der Waals surface area (Å²) in [5.74, 6) is 0.548. The predicted molar refractivity (Wildman–Crippen MR) is 189 cm³/mol. The summed E-state index contributed by atoms with van der Waals surface area (Å²) in [5.41, 5.74) is 10.3. The molecule has 0 fully saturated rings. The van der Waals surface area contributed by atoms with Gasteiger partial charge in [0.2, 0.25) is 0 Å². The molecule has 0 aliphatic heterocycles. The predicted octanol–water partition coefficient (Wildman–Crippen LogP) is 9.17. The van der Waals surface area contributed by atoms with E-state index in [0.29, 0.717) is 22.6 Å². The van der Waals surface area contributed by atoms with E-state index in [2.05, 4.69) is 61.7 Å². The fourth-order valence-corrected chi connectivity index (χ4v) is 5.06. The fraction of sp³-hybridized carbons (Fsp3) is 0.220. The number of carbonyl (C=O) groups is 2. The van der Waals surface area contributed by atoms with Crippen LogP contribution in [0.15, 0.2) is 121 Å². The van der Waals surface area contributed by atoms with Gasteiger partial charge >= 0.3 is 11.9 Å². The Labute approximate surface area is 278 Å². The molecule has 0 bridgehead atoms. The van der Waals surface area contributed by atoms with Crippen molar-refractivity contribution < 1.29 is 28.5 Å². The Bertz CT molecular complexity index is 1740. The molecule has 4 aromatic carbocycles. The number of allylic oxidation sites excluding steroid dienone is 2. The third kappa shape index (κ3) is 9.10. The smallest absolute Gasteiger partial charge is 0.333 e. The standard InChI is InChI=1S/C37H34O6.C4H8/c1-24(2)36(38)42-21-19-40-29-13-9-26(10-14-29)32-17-18-33-31-8-6-5-7-28(31)23-34(33)35(32)27-11-15-30(16-12-27)41-20-22-43-37(39)25(3)4;1-3-4-2/h5-18H,1,3,19-23H2,2,4H3;3-4H,1-2H3. The van der Waals surface area contributed by atoms with Gasteiger partial charge in [-0.15, -0.1) is 0 Å². The molecular formula is C41H42O6. The number of ether oxygens (including phenoxy) is 4. The normalized spacial score (nSPS) is 11.1. The van der Waals surface area contributed by atoms with Crippen LogP contribution in [0.5, 0.6) is 11.5 Å². The molecule has 0 unspecified atom stereocenters. The summed E-state index contributed by atoms with van der Waals surface area (Å²) in [7, 11) is 0. The molecule has 5 rings (SSSR count). The number of rotatable bonds is 12. The van der Waals surface area contributed by atoms with Crippen LogP contribution in [0.3, 0.4) is 0 Å². The highest BCUT2D eigenvalue weighted by atomic mass is 16.6. The summed E-state index contributed by atoms with van der Waals surface area (Å²) in [6.45, 7) is 15.2. The number of hydrogen-bond acceptors (Lipinski definition) is 6. The van der Waals surface area contributed by atoms with Gasteiger partial charge in [-0.2, -0.15) is 0 Å². The molecule has 0 spiro atoms. The van der Waals surface area contributed by atoms with Gasteiger partial charge in [0.05, 0.1) is 0 Å². The topological polar surface area (TPSA) is 71.1 Å². The van der Waals surface area contributed by atoms with Gasteiger partial charge in [-0.05, 0) is 103 Å². The third-order valence-electron chi connectivity index (χ3n) is 7.50. The van der Waals surface area contributed by atoms with E-state index < -0.39 is 11.9 Å². The molecule has 0 atom stereocenters. The first-order chi connectivity index (χ1) is 22.7. The fourth-order valence-electron chi connectivity index (χ4n) is 5.06. The molecule has 0 heterocycles. The maximum atomic E-state index is 11.6. The number of esters is 2. The van der Waals surface area contributed by atoms with Crippen LogP contribution < -0.4 is 9.47 Å². The highest BCUT2D eigenvalue weighted by molar-refractivity contribution is 5.94. The second-order valence-corrected chi connectivity index (χ2v) is 11.1. The van der Waals surface area contributed by atoms with E-state index in [1.165, 1.54) is 27.8 Å². The molecule has 0 N–H and O–H groups in total. The minimum atomic E-state index is -0.422. The van der Waals surface area contributed by atoms with Crippen molar-refractivity contribution in [1.29, 1.82) is 0 Å². The minimum Gasteiger partial charge on any atom is -0.490 e. The Morgan fingerprint density at radius 1 is 0.617 bits per heavy atom. The zero-order chi connectivity index (χ0) is 33.8. The molecule has 242 valence electrons. The van der Waals surface area contributed by atoms with Crippen molar-refractivity contribution in [1.82, 2.24) is 0 Å². The molecule has 0 aromatic heterocycles. The summed E-state index contributed by atoms with van der Waals surface area (Å²) in [6, 6.07) is 28.9. The highest BCUT2D eigenvalue weighted by Crippen LogP contribution is 2.46. The van der Waals surface area contributed by atoms with Crippen LogP contribution in [0.25, 0.3) is 33.4 Å². The van der Waals surface area contributed by atoms with Gasteiger partial charge in [-0.25, -0.2) is 9.59 Å². The summed E-state index contributed by atoms with van der Waals surface area (Å²) in [6.07, 6.45) is 4.85. The van der Waals surface area contributed by atoms with E-state index in [-0.39, 0.29) is 26.4 Å². The summed E-state index contributed by atoms with van der Waals surface area (Å²) in [5, 5.41) is 0. The van der Waals surface area contributed by atoms with Gasteiger partial charge in [0.25, 0.3) is 0 Å². The summed E-state index contributed by atoms with van der Waals surface area (Å²) >= 11 is 0. The maximum absolute atomic E-state index is 11.6. The Hall–Kier alpha value is -5.36. The number of fused-ring (bicyclic) bond motifs is 3. The van der Waals surface area contributed by atoms with Gasteiger partial charge < -0.3 is 18.9 Å². The Kier molecular flexibility index (Phi) is 12.3. The van der Waals surface area contributed by atoms with Crippen LogP contribution in [-0.4, -0.2) is 38.4 Å². The van der Waals surface area contributed by atoms with Gasteiger partial charge in [0.15, 0.2) is 0 Å². The van der Waals surface area contributed by atoms with E-state index in [9.17, 15) is 9.59 Å². The quantitative estimate of drug-likeness (QED) is 0.0593. The summed E-state index contributed by atoms with van der Waals surface area (Å²) in [4.78, 5) is 23.2. The van der Waals surface area contributed by atoms with Gasteiger partial charge in [0.1, 0.15) is 37.9 Å². The van der Waals surface area contributed by atoms with Crippen molar-refractivity contribution in [3.63, 3.8) is 0 Å². The van der Waals surface area contributed by atoms with E-state index in [1.807, 2.05) is 62.4 Å². The van der Waals surface area contributed by atoms with Crippen molar-refractivity contribution in [3.05, 3.63) is 133 Å². The van der Waals surface area contributed by atoms with Crippen LogP contribution in [0.4, 0.5) is 0 Å². The molecule has 1 aliphatic carbocycles. The van der Waals surface area contributed by atoms with Gasteiger partial charge in [-0.3, -0.25) is 0 Å². The van der Waals surface area contributed by atoms with E-state index in [4.69, 9.17) is 18.9 Å². The number of carbonyl (C=O) groups excluding carboxylic acids is 2. The number of hydrogen-bond donors (Lipinski definition) is 0. The lowest BCUT2D eigenvalue weighted by molar-refractivity contribution is -0.140. The van der Waals surface area contributed by atoms with Crippen LogP contribution in [0.1, 0.15) is 38.8 Å². The molecule has 6 heteroatoms. The maximum Gasteiger partial charge on any atom is 0.333 e. The second kappa shape index (κ2) is 16.8. The Balaban J connectivity index is 0.00000118. The van der Waals surface area contributed by atoms with Crippen molar-refractivity contribution in [2.24, 2.45) is 0 Å². The lowest BCUT2D eigenvalue weighted by atomic mass is 9.88. The zero-order valence-corrected chi connectivity index (χ0v) is 27.6. The van der Waals surface area contributed by atoms with Crippen LogP contribution in [0.2, 0.25) is 0 Å². The van der Waals surface area contributed by atoms with Gasteiger partial charge in [-0.1, -0.05) is 86.0 Å². The lowest BCUT2D eigenvalue weighted by Gasteiger charge is -2.17. The van der Waals surface area contributed by atoms with Crippen molar-refractivity contribution in [3.8, 4) is 44.9 Å².